The first-order chi connectivity index (χ1) is 12.1. The Morgan fingerprint density at radius 2 is 1.88 bits per heavy atom. The predicted molar refractivity (Wildman–Crippen MR) is 89.3 cm³/mol. The lowest BCUT2D eigenvalue weighted by Gasteiger charge is -2.08. The first-order valence-corrected chi connectivity index (χ1v) is 7.79. The summed E-state index contributed by atoms with van der Waals surface area (Å²) >= 11 is 0. The summed E-state index contributed by atoms with van der Waals surface area (Å²) in [5, 5.41) is 0. The zero-order valence-corrected chi connectivity index (χ0v) is 14.0. The first kappa shape index (κ1) is 16.8. The van der Waals surface area contributed by atoms with Crippen LogP contribution in [0.5, 0.6) is 17.2 Å². The topological polar surface area (TPSA) is 71.1 Å². The molecule has 1 heterocycles. The monoisotopic (exact) mass is 342 g/mol. The average Bonchev–Trinajstić information content (AvgIpc) is 3.09. The molecular weight excluding hydrogens is 324 g/mol. The van der Waals surface area contributed by atoms with E-state index in [1.54, 1.807) is 31.4 Å². The molecule has 1 aliphatic rings. The third-order valence-electron chi connectivity index (χ3n) is 3.88. The van der Waals surface area contributed by atoms with E-state index in [9.17, 15) is 9.59 Å². The SMILES string of the molecule is COc1cc(CC(=O)OCC(=O)c2ccc3c(c2)OCO3)ccc1C. The summed E-state index contributed by atoms with van der Waals surface area (Å²) in [5.41, 5.74) is 2.16. The highest BCUT2D eigenvalue weighted by molar-refractivity contribution is 5.98. The van der Waals surface area contributed by atoms with Crippen LogP contribution in [0.15, 0.2) is 36.4 Å². The Kier molecular flexibility index (Phi) is 4.88. The molecule has 0 N–H and O–H groups in total. The van der Waals surface area contributed by atoms with E-state index in [0.29, 0.717) is 22.8 Å². The molecule has 0 saturated heterocycles. The molecule has 2 aromatic carbocycles. The number of esters is 1. The Morgan fingerprint density at radius 1 is 1.08 bits per heavy atom. The molecule has 0 spiro atoms. The van der Waals surface area contributed by atoms with Gasteiger partial charge in [-0.05, 0) is 42.3 Å². The van der Waals surface area contributed by atoms with E-state index in [2.05, 4.69) is 0 Å². The van der Waals surface area contributed by atoms with E-state index in [4.69, 9.17) is 18.9 Å². The lowest BCUT2D eigenvalue weighted by atomic mass is 10.1. The molecule has 2 aromatic rings. The van der Waals surface area contributed by atoms with Gasteiger partial charge in [0.05, 0.1) is 13.5 Å². The van der Waals surface area contributed by atoms with Gasteiger partial charge in [-0.25, -0.2) is 0 Å². The number of benzene rings is 2. The number of carbonyl (C=O) groups is 2. The van der Waals surface area contributed by atoms with E-state index >= 15 is 0 Å². The number of hydrogen-bond acceptors (Lipinski definition) is 6. The van der Waals surface area contributed by atoms with E-state index in [1.807, 2.05) is 19.1 Å². The van der Waals surface area contributed by atoms with Gasteiger partial charge in [-0.3, -0.25) is 9.59 Å². The second-order valence-electron chi connectivity index (χ2n) is 5.63. The molecular formula is C19H18O6. The van der Waals surface area contributed by atoms with E-state index in [1.165, 1.54) is 0 Å². The minimum absolute atomic E-state index is 0.0745. The van der Waals surface area contributed by atoms with Crippen LogP contribution >= 0.6 is 0 Å². The first-order valence-electron chi connectivity index (χ1n) is 7.79. The fraction of sp³-hybridized carbons (Fsp3) is 0.263. The highest BCUT2D eigenvalue weighted by atomic mass is 16.7. The summed E-state index contributed by atoms with van der Waals surface area (Å²) in [6, 6.07) is 10.4. The third-order valence-corrected chi connectivity index (χ3v) is 3.88. The fourth-order valence-corrected chi connectivity index (χ4v) is 2.49. The molecule has 1 aliphatic heterocycles. The van der Waals surface area contributed by atoms with Crippen LogP contribution in [0, 0.1) is 6.92 Å². The Hall–Kier alpha value is -3.02. The van der Waals surface area contributed by atoms with Crippen LogP contribution in [0.2, 0.25) is 0 Å². The second kappa shape index (κ2) is 7.25. The van der Waals surface area contributed by atoms with Crippen LogP contribution in [0.3, 0.4) is 0 Å². The van der Waals surface area contributed by atoms with Crippen molar-refractivity contribution in [3.63, 3.8) is 0 Å². The fourth-order valence-electron chi connectivity index (χ4n) is 2.49. The number of carbonyl (C=O) groups excluding carboxylic acids is 2. The van der Waals surface area contributed by atoms with Crippen molar-refractivity contribution < 1.29 is 28.5 Å². The summed E-state index contributed by atoms with van der Waals surface area (Å²) in [6.07, 6.45) is 0.0745. The van der Waals surface area contributed by atoms with Crippen LogP contribution < -0.4 is 14.2 Å². The van der Waals surface area contributed by atoms with E-state index < -0.39 is 5.97 Å². The van der Waals surface area contributed by atoms with Gasteiger partial charge in [-0.2, -0.15) is 0 Å². The van der Waals surface area contributed by atoms with Crippen molar-refractivity contribution in [2.75, 3.05) is 20.5 Å². The average molecular weight is 342 g/mol. The van der Waals surface area contributed by atoms with Crippen molar-refractivity contribution >= 4 is 11.8 Å². The molecule has 0 aromatic heterocycles. The van der Waals surface area contributed by atoms with Crippen molar-refractivity contribution in [2.24, 2.45) is 0 Å². The molecule has 0 unspecified atom stereocenters. The molecule has 0 bridgehead atoms. The van der Waals surface area contributed by atoms with Gasteiger partial charge in [0.25, 0.3) is 0 Å². The zero-order chi connectivity index (χ0) is 17.8. The lowest BCUT2D eigenvalue weighted by Crippen LogP contribution is -2.15. The maximum absolute atomic E-state index is 12.2. The summed E-state index contributed by atoms with van der Waals surface area (Å²) in [4.78, 5) is 24.1. The highest BCUT2D eigenvalue weighted by Crippen LogP contribution is 2.32. The Labute approximate surface area is 145 Å². The van der Waals surface area contributed by atoms with Crippen molar-refractivity contribution in [3.05, 3.63) is 53.1 Å². The highest BCUT2D eigenvalue weighted by Gasteiger charge is 2.17. The number of hydrogen-bond donors (Lipinski definition) is 0. The number of fused-ring (bicyclic) bond motifs is 1. The number of methoxy groups -OCH3 is 1. The van der Waals surface area contributed by atoms with Crippen LogP contribution in [0.4, 0.5) is 0 Å². The number of aryl methyl sites for hydroxylation is 1. The maximum atomic E-state index is 12.2. The summed E-state index contributed by atoms with van der Waals surface area (Å²) in [7, 11) is 1.58. The Balaban J connectivity index is 1.56. The molecule has 0 amide bonds. The van der Waals surface area contributed by atoms with Crippen molar-refractivity contribution in [2.45, 2.75) is 13.3 Å². The molecule has 0 radical (unpaired) electrons. The molecule has 0 aliphatic carbocycles. The summed E-state index contributed by atoms with van der Waals surface area (Å²) in [6.45, 7) is 1.74. The quantitative estimate of drug-likeness (QED) is 0.594. The number of ketones is 1. The zero-order valence-electron chi connectivity index (χ0n) is 14.0. The van der Waals surface area contributed by atoms with Crippen LogP contribution in [0.25, 0.3) is 0 Å². The largest absolute Gasteiger partial charge is 0.496 e. The van der Waals surface area contributed by atoms with E-state index in [-0.39, 0.29) is 25.6 Å². The molecule has 6 heteroatoms. The Bertz CT molecular complexity index is 812. The van der Waals surface area contributed by atoms with Gasteiger partial charge in [0.1, 0.15) is 5.75 Å². The van der Waals surface area contributed by atoms with Gasteiger partial charge in [-0.1, -0.05) is 12.1 Å². The van der Waals surface area contributed by atoms with Gasteiger partial charge in [0.15, 0.2) is 23.9 Å². The standard InChI is InChI=1S/C19H18O6/c1-12-3-4-13(7-17(12)22-2)8-19(21)23-10-15(20)14-5-6-16-18(9-14)25-11-24-16/h3-7,9H,8,10-11H2,1-2H3. The van der Waals surface area contributed by atoms with Crippen LogP contribution in [-0.4, -0.2) is 32.3 Å². The van der Waals surface area contributed by atoms with Gasteiger partial charge in [0.2, 0.25) is 6.79 Å². The smallest absolute Gasteiger partial charge is 0.310 e. The minimum Gasteiger partial charge on any atom is -0.496 e. The molecule has 6 nitrogen and oxygen atoms in total. The molecule has 3 rings (SSSR count). The van der Waals surface area contributed by atoms with Gasteiger partial charge in [0, 0.05) is 5.56 Å². The van der Waals surface area contributed by atoms with Gasteiger partial charge in [-0.15, -0.1) is 0 Å². The molecule has 25 heavy (non-hydrogen) atoms. The van der Waals surface area contributed by atoms with Crippen molar-refractivity contribution in [3.8, 4) is 17.2 Å². The Morgan fingerprint density at radius 3 is 2.68 bits per heavy atom. The lowest BCUT2D eigenvalue weighted by molar-refractivity contribution is -0.141. The van der Waals surface area contributed by atoms with Crippen LogP contribution in [-0.2, 0) is 16.0 Å². The predicted octanol–water partition coefficient (Wildman–Crippen LogP) is 2.70. The van der Waals surface area contributed by atoms with Gasteiger partial charge < -0.3 is 18.9 Å². The van der Waals surface area contributed by atoms with Crippen molar-refractivity contribution in [1.82, 2.24) is 0 Å². The number of ether oxygens (including phenoxy) is 4. The second-order valence-corrected chi connectivity index (χ2v) is 5.63. The van der Waals surface area contributed by atoms with Crippen LogP contribution in [0.1, 0.15) is 21.5 Å². The normalized spacial score (nSPS) is 11.9. The number of rotatable bonds is 6. The van der Waals surface area contributed by atoms with E-state index in [0.717, 1.165) is 11.1 Å². The molecule has 0 saturated carbocycles. The minimum atomic E-state index is -0.472. The van der Waals surface area contributed by atoms with Crippen molar-refractivity contribution in [1.29, 1.82) is 0 Å². The molecule has 0 fully saturated rings. The molecule has 130 valence electrons. The summed E-state index contributed by atoms with van der Waals surface area (Å²) in [5.74, 6) is 1.06. The maximum Gasteiger partial charge on any atom is 0.310 e. The van der Waals surface area contributed by atoms with Gasteiger partial charge >= 0.3 is 5.97 Å². The molecule has 0 atom stereocenters. The summed E-state index contributed by atoms with van der Waals surface area (Å²) < 4.78 is 20.7. The third kappa shape index (κ3) is 3.91. The number of Topliss-reactive ketones (excluding diaryl/α,β-unsaturated/α-hetero) is 1.